The fourth-order valence-corrected chi connectivity index (χ4v) is 2.49. The second-order valence-corrected chi connectivity index (χ2v) is 6.12. The number of halogens is 2. The Morgan fingerprint density at radius 1 is 1.27 bits per heavy atom. The molecular weight excluding hydrogens is 359 g/mol. The smallest absolute Gasteiger partial charge is 0.287 e. The van der Waals surface area contributed by atoms with Crippen molar-refractivity contribution >= 4 is 23.3 Å². The fraction of sp³-hybridized carbons (Fsp3) is 0.222. The van der Waals surface area contributed by atoms with Gasteiger partial charge in [0.15, 0.2) is 0 Å². The predicted molar refractivity (Wildman–Crippen MR) is 97.8 cm³/mol. The molecule has 138 valence electrons. The summed E-state index contributed by atoms with van der Waals surface area (Å²) in [4.78, 5) is 27.1. The second kappa shape index (κ2) is 9.05. The first-order chi connectivity index (χ1) is 12.4. The molecular formula is C18H20ClFN4O2. The lowest BCUT2D eigenvalue weighted by molar-refractivity contribution is -0.137. The lowest BCUT2D eigenvalue weighted by Gasteiger charge is -2.08. The van der Waals surface area contributed by atoms with Crippen LogP contribution < -0.4 is 16.4 Å². The van der Waals surface area contributed by atoms with E-state index >= 15 is 0 Å². The number of carbonyl (C=O) groups is 2. The molecule has 26 heavy (non-hydrogen) atoms. The molecule has 0 saturated heterocycles. The van der Waals surface area contributed by atoms with Gasteiger partial charge in [0.2, 0.25) is 5.78 Å². The third-order valence-corrected chi connectivity index (χ3v) is 4.00. The van der Waals surface area contributed by atoms with Crippen molar-refractivity contribution in [3.05, 3.63) is 70.5 Å². The summed E-state index contributed by atoms with van der Waals surface area (Å²) in [5.41, 5.74) is 7.62. The predicted octanol–water partition coefficient (Wildman–Crippen LogP) is 1.80. The van der Waals surface area contributed by atoms with Crippen molar-refractivity contribution in [2.45, 2.75) is 19.4 Å². The third-order valence-electron chi connectivity index (χ3n) is 3.70. The molecule has 1 aromatic heterocycles. The number of ketones is 1. The number of benzene rings is 1. The van der Waals surface area contributed by atoms with E-state index in [1.165, 1.54) is 12.1 Å². The zero-order valence-electron chi connectivity index (χ0n) is 14.1. The number of hydrogen-bond acceptors (Lipinski definition) is 4. The Labute approximate surface area is 155 Å². The van der Waals surface area contributed by atoms with Crippen LogP contribution in [0.15, 0.2) is 42.9 Å². The number of rotatable bonds is 9. The molecule has 6 nitrogen and oxygen atoms in total. The lowest BCUT2D eigenvalue weighted by atomic mass is 10.1. The van der Waals surface area contributed by atoms with Crippen molar-refractivity contribution < 1.29 is 14.0 Å². The summed E-state index contributed by atoms with van der Waals surface area (Å²) in [6.45, 7) is 4.36. The van der Waals surface area contributed by atoms with Gasteiger partial charge in [-0.15, -0.1) is 0 Å². The van der Waals surface area contributed by atoms with E-state index in [9.17, 15) is 14.0 Å². The van der Waals surface area contributed by atoms with Gasteiger partial charge in [-0.3, -0.25) is 9.59 Å². The number of amides is 1. The maximum absolute atomic E-state index is 13.4. The SMILES string of the molecule is C=C(N)NCCc1[nH]ccc1CNC(=O)C(=O)Cc1ccc(Cl)c(F)c1. The normalized spacial score (nSPS) is 10.4. The first kappa shape index (κ1) is 19.5. The quantitative estimate of drug-likeness (QED) is 0.500. The van der Waals surface area contributed by atoms with Gasteiger partial charge >= 0.3 is 0 Å². The Balaban J connectivity index is 1.86. The van der Waals surface area contributed by atoms with Gasteiger partial charge in [-0.25, -0.2) is 4.39 Å². The van der Waals surface area contributed by atoms with Crippen molar-refractivity contribution in [2.75, 3.05) is 6.54 Å². The number of aromatic amines is 1. The number of H-pyrrole nitrogens is 1. The highest BCUT2D eigenvalue weighted by atomic mass is 35.5. The number of nitrogens with one attached hydrogen (secondary N) is 3. The standard InChI is InChI=1S/C18H20ClFN4O2/c1-11(21)22-7-5-16-13(4-6-23-16)10-24-18(26)17(25)9-12-2-3-14(19)15(20)8-12/h2-4,6,8,22-23H,1,5,7,9-10,21H2,(H,24,26). The molecule has 5 N–H and O–H groups in total. The Morgan fingerprint density at radius 3 is 2.73 bits per heavy atom. The highest BCUT2D eigenvalue weighted by Gasteiger charge is 2.15. The van der Waals surface area contributed by atoms with Crippen molar-refractivity contribution in [3.8, 4) is 0 Å². The molecule has 0 unspecified atom stereocenters. The van der Waals surface area contributed by atoms with Crippen LogP contribution in [0.25, 0.3) is 0 Å². The van der Waals surface area contributed by atoms with Gasteiger partial charge in [0, 0.05) is 37.8 Å². The summed E-state index contributed by atoms with van der Waals surface area (Å²) < 4.78 is 13.4. The zero-order valence-corrected chi connectivity index (χ0v) is 14.8. The van der Waals surface area contributed by atoms with Crippen LogP contribution in [-0.2, 0) is 29.0 Å². The van der Waals surface area contributed by atoms with Crippen molar-refractivity contribution in [3.63, 3.8) is 0 Å². The molecule has 8 heteroatoms. The molecule has 0 aliphatic carbocycles. The summed E-state index contributed by atoms with van der Waals surface area (Å²) in [7, 11) is 0. The molecule has 0 saturated carbocycles. The molecule has 2 rings (SSSR count). The molecule has 1 amide bonds. The summed E-state index contributed by atoms with van der Waals surface area (Å²) in [5.74, 6) is -1.61. The van der Waals surface area contributed by atoms with Crippen LogP contribution in [0.2, 0.25) is 5.02 Å². The lowest BCUT2D eigenvalue weighted by Crippen LogP contribution is -2.32. The molecule has 1 aromatic carbocycles. The molecule has 1 heterocycles. The van der Waals surface area contributed by atoms with E-state index in [2.05, 4.69) is 22.2 Å². The number of hydrogen-bond donors (Lipinski definition) is 4. The summed E-state index contributed by atoms with van der Waals surface area (Å²) in [6.07, 6.45) is 2.22. The Hall–Kier alpha value is -2.80. The Kier molecular flexibility index (Phi) is 6.80. The van der Waals surface area contributed by atoms with E-state index in [0.29, 0.717) is 24.4 Å². The topological polar surface area (TPSA) is 100 Å². The minimum Gasteiger partial charge on any atom is -0.386 e. The molecule has 0 atom stereocenters. The van der Waals surface area contributed by atoms with E-state index < -0.39 is 17.5 Å². The maximum atomic E-state index is 13.4. The van der Waals surface area contributed by atoms with Gasteiger partial charge in [0.25, 0.3) is 5.91 Å². The number of Topliss-reactive ketones (excluding diaryl/α,β-unsaturated/α-hetero) is 1. The van der Waals surface area contributed by atoms with Crippen molar-refractivity contribution in [2.24, 2.45) is 5.73 Å². The van der Waals surface area contributed by atoms with Crippen LogP contribution in [0.3, 0.4) is 0 Å². The van der Waals surface area contributed by atoms with Crippen molar-refractivity contribution in [1.82, 2.24) is 15.6 Å². The van der Waals surface area contributed by atoms with Gasteiger partial charge in [-0.1, -0.05) is 24.2 Å². The number of nitrogens with two attached hydrogens (primary N) is 1. The van der Waals surface area contributed by atoms with Crippen LogP contribution in [0.1, 0.15) is 16.8 Å². The monoisotopic (exact) mass is 378 g/mol. The Morgan fingerprint density at radius 2 is 2.04 bits per heavy atom. The molecule has 2 aromatic rings. The first-order valence-electron chi connectivity index (χ1n) is 7.95. The van der Waals surface area contributed by atoms with Crippen LogP contribution in [0.5, 0.6) is 0 Å². The van der Waals surface area contributed by atoms with E-state index in [-0.39, 0.29) is 18.0 Å². The van der Waals surface area contributed by atoms with Crippen LogP contribution in [-0.4, -0.2) is 23.2 Å². The van der Waals surface area contributed by atoms with Crippen LogP contribution in [0.4, 0.5) is 4.39 Å². The van der Waals surface area contributed by atoms with E-state index in [1.54, 1.807) is 6.20 Å². The molecule has 0 fully saturated rings. The summed E-state index contributed by atoms with van der Waals surface area (Å²) >= 11 is 5.60. The van der Waals surface area contributed by atoms with Crippen LogP contribution >= 0.6 is 11.6 Å². The zero-order chi connectivity index (χ0) is 19.1. The molecule has 0 radical (unpaired) electrons. The van der Waals surface area contributed by atoms with E-state index in [1.807, 2.05) is 6.07 Å². The highest BCUT2D eigenvalue weighted by molar-refractivity contribution is 6.36. The summed E-state index contributed by atoms with van der Waals surface area (Å²) in [6, 6.07) is 5.84. The van der Waals surface area contributed by atoms with Gasteiger partial charge in [-0.05, 0) is 29.3 Å². The maximum Gasteiger partial charge on any atom is 0.287 e. The minimum atomic E-state index is -0.721. The van der Waals surface area contributed by atoms with E-state index in [4.69, 9.17) is 17.3 Å². The average molecular weight is 379 g/mol. The first-order valence-corrected chi connectivity index (χ1v) is 8.33. The van der Waals surface area contributed by atoms with E-state index in [0.717, 1.165) is 17.3 Å². The van der Waals surface area contributed by atoms with Gasteiger partial charge < -0.3 is 21.4 Å². The third kappa shape index (κ3) is 5.63. The minimum absolute atomic E-state index is 0.0293. The van der Waals surface area contributed by atoms with Gasteiger partial charge in [0.1, 0.15) is 5.82 Å². The van der Waals surface area contributed by atoms with Gasteiger partial charge in [0.05, 0.1) is 10.8 Å². The number of aromatic nitrogens is 1. The van der Waals surface area contributed by atoms with Crippen LogP contribution in [0, 0.1) is 5.82 Å². The Bertz CT molecular complexity index is 819. The molecule has 0 aliphatic heterocycles. The largest absolute Gasteiger partial charge is 0.386 e. The van der Waals surface area contributed by atoms with Crippen molar-refractivity contribution in [1.29, 1.82) is 0 Å². The molecule has 0 aliphatic rings. The second-order valence-electron chi connectivity index (χ2n) is 5.71. The molecule has 0 bridgehead atoms. The average Bonchev–Trinajstić information content (AvgIpc) is 3.03. The summed E-state index contributed by atoms with van der Waals surface area (Å²) in [5, 5.41) is 5.46. The van der Waals surface area contributed by atoms with Gasteiger partial charge in [-0.2, -0.15) is 0 Å². The highest BCUT2D eigenvalue weighted by Crippen LogP contribution is 2.16. The fourth-order valence-electron chi connectivity index (χ4n) is 2.37. The number of carbonyl (C=O) groups excluding carboxylic acids is 2. The molecule has 0 spiro atoms.